The van der Waals surface area contributed by atoms with Gasteiger partial charge in [-0.15, -0.1) is 11.3 Å². The Kier molecular flexibility index (Phi) is 5.24. The Morgan fingerprint density at radius 2 is 2.15 bits per heavy atom. The molecule has 0 aliphatic carbocycles. The van der Waals surface area contributed by atoms with E-state index >= 15 is 0 Å². The van der Waals surface area contributed by atoms with E-state index in [2.05, 4.69) is 55.0 Å². The second-order valence-corrected chi connectivity index (χ2v) is 7.58. The summed E-state index contributed by atoms with van der Waals surface area (Å²) in [6.45, 7) is 13.2. The minimum Gasteiger partial charge on any atom is -0.329 e. The molecule has 0 saturated carbocycles. The first-order valence-corrected chi connectivity index (χ1v) is 8.60. The molecule has 4 heteroatoms. The first-order chi connectivity index (χ1) is 9.48. The molecule has 1 unspecified atom stereocenters. The number of thiophene rings is 1. The third-order valence-corrected chi connectivity index (χ3v) is 5.47. The topological polar surface area (TPSA) is 32.5 Å². The van der Waals surface area contributed by atoms with Crippen LogP contribution < -0.4 is 5.73 Å². The number of rotatable bonds is 6. The van der Waals surface area contributed by atoms with Crippen LogP contribution in [0.25, 0.3) is 0 Å². The average molecular weight is 295 g/mol. The van der Waals surface area contributed by atoms with Gasteiger partial charge in [-0.2, -0.15) is 0 Å². The number of likely N-dealkylation sites (tertiary alicyclic amines) is 1. The third-order valence-electron chi connectivity index (χ3n) is 4.61. The molecule has 0 aromatic carbocycles. The van der Waals surface area contributed by atoms with Crippen molar-refractivity contribution in [2.24, 2.45) is 5.73 Å². The zero-order chi connectivity index (χ0) is 14.8. The van der Waals surface area contributed by atoms with Gasteiger partial charge in [0.1, 0.15) is 0 Å². The molecule has 1 aromatic heterocycles. The molecule has 1 aliphatic heterocycles. The Hall–Kier alpha value is -0.420. The smallest absolute Gasteiger partial charge is 0.0477 e. The van der Waals surface area contributed by atoms with Gasteiger partial charge in [-0.1, -0.05) is 6.07 Å². The van der Waals surface area contributed by atoms with Crippen molar-refractivity contribution >= 4 is 11.3 Å². The van der Waals surface area contributed by atoms with E-state index in [4.69, 9.17) is 5.73 Å². The lowest BCUT2D eigenvalue weighted by Gasteiger charge is -2.43. The highest BCUT2D eigenvalue weighted by molar-refractivity contribution is 7.09. The second kappa shape index (κ2) is 6.56. The predicted molar refractivity (Wildman–Crippen MR) is 88.1 cm³/mol. The number of nitrogens with zero attached hydrogens (tertiary/aromatic N) is 2. The summed E-state index contributed by atoms with van der Waals surface area (Å²) >= 11 is 1.85. The minimum atomic E-state index is 0.141. The Balaban J connectivity index is 2.17. The van der Waals surface area contributed by atoms with E-state index in [1.807, 2.05) is 11.3 Å². The van der Waals surface area contributed by atoms with Crippen LogP contribution >= 0.6 is 11.3 Å². The van der Waals surface area contributed by atoms with Crippen LogP contribution in [0.2, 0.25) is 0 Å². The molecule has 2 N–H and O–H groups in total. The van der Waals surface area contributed by atoms with Crippen molar-refractivity contribution in [3.8, 4) is 0 Å². The molecular weight excluding hydrogens is 266 g/mol. The normalized spacial score (nSPS) is 24.4. The zero-order valence-electron chi connectivity index (χ0n) is 13.3. The number of hydrogen-bond donors (Lipinski definition) is 1. The number of nitrogens with two attached hydrogens (primary N) is 1. The van der Waals surface area contributed by atoms with E-state index in [0.29, 0.717) is 12.1 Å². The van der Waals surface area contributed by atoms with Crippen LogP contribution in [-0.4, -0.2) is 47.1 Å². The van der Waals surface area contributed by atoms with Gasteiger partial charge in [0.25, 0.3) is 0 Å². The molecule has 114 valence electrons. The lowest BCUT2D eigenvalue weighted by Crippen LogP contribution is -2.57. The van der Waals surface area contributed by atoms with Gasteiger partial charge in [-0.25, -0.2) is 0 Å². The van der Waals surface area contributed by atoms with Crippen molar-refractivity contribution in [3.05, 3.63) is 22.4 Å². The van der Waals surface area contributed by atoms with Crippen molar-refractivity contribution < 1.29 is 0 Å². The molecule has 1 fully saturated rings. The lowest BCUT2D eigenvalue weighted by molar-refractivity contribution is 0.0565. The largest absolute Gasteiger partial charge is 0.329 e. The fraction of sp³-hybridized carbons (Fsp3) is 0.750. The van der Waals surface area contributed by atoms with Crippen molar-refractivity contribution in [3.63, 3.8) is 0 Å². The maximum absolute atomic E-state index is 6.23. The van der Waals surface area contributed by atoms with Crippen LogP contribution in [0.3, 0.4) is 0 Å². The van der Waals surface area contributed by atoms with Gasteiger partial charge in [0.05, 0.1) is 0 Å². The second-order valence-electron chi connectivity index (χ2n) is 6.54. The summed E-state index contributed by atoms with van der Waals surface area (Å²) in [4.78, 5) is 6.63. The molecule has 1 atom stereocenters. The Labute approximate surface area is 127 Å². The van der Waals surface area contributed by atoms with Gasteiger partial charge in [0.2, 0.25) is 0 Å². The molecule has 0 radical (unpaired) electrons. The summed E-state index contributed by atoms with van der Waals surface area (Å²) in [6.07, 6.45) is 1.19. The van der Waals surface area contributed by atoms with E-state index in [1.165, 1.54) is 17.8 Å². The van der Waals surface area contributed by atoms with E-state index in [1.54, 1.807) is 0 Å². The highest BCUT2D eigenvalue weighted by Crippen LogP contribution is 2.32. The van der Waals surface area contributed by atoms with Crippen LogP contribution in [0.1, 0.15) is 39.0 Å². The fourth-order valence-corrected chi connectivity index (χ4v) is 4.02. The molecule has 1 saturated heterocycles. The number of hydrogen-bond acceptors (Lipinski definition) is 4. The molecule has 0 amide bonds. The molecule has 3 nitrogen and oxygen atoms in total. The van der Waals surface area contributed by atoms with E-state index in [-0.39, 0.29) is 5.54 Å². The maximum Gasteiger partial charge on any atom is 0.0477 e. The van der Waals surface area contributed by atoms with Crippen LogP contribution in [-0.2, 0) is 6.54 Å². The summed E-state index contributed by atoms with van der Waals surface area (Å²) in [7, 11) is 0. The summed E-state index contributed by atoms with van der Waals surface area (Å²) in [6, 6.07) is 5.51. The zero-order valence-corrected chi connectivity index (χ0v) is 14.1. The summed E-state index contributed by atoms with van der Waals surface area (Å²) in [5, 5.41) is 2.16. The van der Waals surface area contributed by atoms with Gasteiger partial charge in [-0.05, 0) is 45.6 Å². The van der Waals surface area contributed by atoms with E-state index in [9.17, 15) is 0 Å². The molecule has 1 aromatic rings. The van der Waals surface area contributed by atoms with Crippen molar-refractivity contribution in [1.82, 2.24) is 9.80 Å². The molecule has 0 spiro atoms. The molecular formula is C16H29N3S. The fourth-order valence-electron chi connectivity index (χ4n) is 3.32. The van der Waals surface area contributed by atoms with Gasteiger partial charge < -0.3 is 5.73 Å². The van der Waals surface area contributed by atoms with Crippen LogP contribution in [0.5, 0.6) is 0 Å². The van der Waals surface area contributed by atoms with Crippen LogP contribution in [0, 0.1) is 0 Å². The minimum absolute atomic E-state index is 0.141. The van der Waals surface area contributed by atoms with Crippen LogP contribution in [0.4, 0.5) is 0 Å². The molecule has 0 bridgehead atoms. The summed E-state index contributed by atoms with van der Waals surface area (Å²) < 4.78 is 0. The van der Waals surface area contributed by atoms with Crippen LogP contribution in [0.15, 0.2) is 17.5 Å². The molecule has 20 heavy (non-hydrogen) atoms. The Morgan fingerprint density at radius 1 is 1.40 bits per heavy atom. The predicted octanol–water partition coefficient (Wildman–Crippen LogP) is 2.77. The van der Waals surface area contributed by atoms with Crippen molar-refractivity contribution in [2.45, 2.75) is 58.3 Å². The summed E-state index contributed by atoms with van der Waals surface area (Å²) in [5.41, 5.74) is 6.38. The van der Waals surface area contributed by atoms with Gasteiger partial charge in [-0.3, -0.25) is 9.80 Å². The lowest BCUT2D eigenvalue weighted by atomic mass is 9.94. The Bertz CT molecular complexity index is 402. The first-order valence-electron chi connectivity index (χ1n) is 7.72. The summed E-state index contributed by atoms with van der Waals surface area (Å²) in [5.74, 6) is 0. The highest BCUT2D eigenvalue weighted by atomic mass is 32.1. The molecule has 2 heterocycles. The highest BCUT2D eigenvalue weighted by Gasteiger charge is 2.43. The monoisotopic (exact) mass is 295 g/mol. The maximum atomic E-state index is 6.23. The van der Waals surface area contributed by atoms with Crippen molar-refractivity contribution in [1.29, 1.82) is 0 Å². The molecule has 1 aliphatic rings. The van der Waals surface area contributed by atoms with Gasteiger partial charge in [0.15, 0.2) is 0 Å². The average Bonchev–Trinajstić information content (AvgIpc) is 3.05. The van der Waals surface area contributed by atoms with Gasteiger partial charge >= 0.3 is 0 Å². The van der Waals surface area contributed by atoms with Crippen molar-refractivity contribution in [2.75, 3.05) is 19.6 Å². The standard InChI is InChI=1S/C16H29N3S/c1-13(2)18-8-7-16(11-17,12-18)19(14(3)4)10-15-6-5-9-20-15/h5-6,9,13-14H,7-8,10-12,17H2,1-4H3. The first kappa shape index (κ1) is 16.0. The third kappa shape index (κ3) is 3.25. The SMILES string of the molecule is CC(C)N1CCC(CN)(N(Cc2cccs2)C(C)C)C1. The van der Waals surface area contributed by atoms with E-state index in [0.717, 1.165) is 19.6 Å². The Morgan fingerprint density at radius 3 is 2.60 bits per heavy atom. The van der Waals surface area contributed by atoms with E-state index < -0.39 is 0 Å². The quantitative estimate of drug-likeness (QED) is 0.876. The molecule has 2 rings (SSSR count). The van der Waals surface area contributed by atoms with Gasteiger partial charge in [0, 0.05) is 48.7 Å².